The number of hydrogen-bond donors (Lipinski definition) is 2. The van der Waals surface area contributed by atoms with Crippen LogP contribution in [0.4, 0.5) is 11.6 Å². The molecule has 0 fully saturated rings. The number of aromatic nitrogens is 3. The zero-order chi connectivity index (χ0) is 18.5. The number of nitrogen functional groups attached to an aromatic ring is 1. The van der Waals surface area contributed by atoms with E-state index in [1.54, 1.807) is 12.4 Å². The molecule has 134 valence electrons. The molecule has 2 aromatic heterocycles. The van der Waals surface area contributed by atoms with Crippen molar-refractivity contribution in [2.45, 2.75) is 37.8 Å². The second-order valence-electron chi connectivity index (χ2n) is 7.54. The Bertz CT molecular complexity index is 923. The lowest BCUT2D eigenvalue weighted by Gasteiger charge is -2.39. The molecule has 6 nitrogen and oxygen atoms in total. The summed E-state index contributed by atoms with van der Waals surface area (Å²) in [7, 11) is 0. The number of rotatable bonds is 2. The first-order chi connectivity index (χ1) is 12.4. The number of fused-ring (bicyclic) bond motifs is 1. The molecule has 0 spiro atoms. The molecular formula is C19H21N5OS. The maximum atomic E-state index is 13.1. The van der Waals surface area contributed by atoms with Crippen LogP contribution in [0.2, 0.25) is 0 Å². The number of anilines is 2. The topological polar surface area (TPSA) is 93.8 Å². The summed E-state index contributed by atoms with van der Waals surface area (Å²) in [6, 6.07) is 3.86. The molecule has 1 aliphatic carbocycles. The third-order valence-electron chi connectivity index (χ3n) is 4.92. The van der Waals surface area contributed by atoms with Gasteiger partial charge in [-0.05, 0) is 29.7 Å². The highest BCUT2D eigenvalue weighted by molar-refractivity contribution is 7.98. The number of hydrogen-bond acceptors (Lipinski definition) is 7. The average molecular weight is 367 g/mol. The lowest BCUT2D eigenvalue weighted by atomic mass is 9.69. The number of thioether (sulfide) groups is 1. The highest BCUT2D eigenvalue weighted by Crippen LogP contribution is 2.49. The van der Waals surface area contributed by atoms with Crippen LogP contribution < -0.4 is 11.1 Å². The maximum absolute atomic E-state index is 13.1. The van der Waals surface area contributed by atoms with Crippen LogP contribution in [0.15, 0.2) is 41.0 Å². The predicted molar refractivity (Wildman–Crippen MR) is 103 cm³/mol. The van der Waals surface area contributed by atoms with Gasteiger partial charge >= 0.3 is 0 Å². The SMILES string of the molecule is CSc1nc(N)c2c(n1)NC1=C(C(=O)CC(C)(C)C1)C2c1cccnc1. The van der Waals surface area contributed by atoms with Crippen LogP contribution in [0.5, 0.6) is 0 Å². The number of carbonyl (C=O) groups excluding carboxylic acids is 1. The Labute approximate surface area is 156 Å². The zero-order valence-corrected chi connectivity index (χ0v) is 15.9. The Balaban J connectivity index is 1.97. The minimum absolute atomic E-state index is 0.0825. The van der Waals surface area contributed by atoms with Crippen molar-refractivity contribution in [3.8, 4) is 0 Å². The molecular weight excluding hydrogens is 346 g/mol. The van der Waals surface area contributed by atoms with Crippen molar-refractivity contribution in [2.24, 2.45) is 5.41 Å². The normalized spacial score (nSPS) is 21.0. The smallest absolute Gasteiger partial charge is 0.191 e. The van der Waals surface area contributed by atoms with Gasteiger partial charge in [0, 0.05) is 41.6 Å². The molecule has 0 radical (unpaired) electrons. The molecule has 4 rings (SSSR count). The van der Waals surface area contributed by atoms with Gasteiger partial charge in [0.05, 0.1) is 0 Å². The summed E-state index contributed by atoms with van der Waals surface area (Å²) >= 11 is 1.44. The Kier molecular flexibility index (Phi) is 3.99. The molecule has 0 aromatic carbocycles. The van der Waals surface area contributed by atoms with E-state index in [0.717, 1.165) is 28.8 Å². The van der Waals surface area contributed by atoms with Gasteiger partial charge in [-0.3, -0.25) is 9.78 Å². The number of carbonyl (C=O) groups is 1. The van der Waals surface area contributed by atoms with E-state index < -0.39 is 0 Å². The molecule has 0 saturated heterocycles. The minimum Gasteiger partial charge on any atom is -0.383 e. The van der Waals surface area contributed by atoms with Crippen molar-refractivity contribution < 1.29 is 4.79 Å². The maximum Gasteiger partial charge on any atom is 0.191 e. The summed E-state index contributed by atoms with van der Waals surface area (Å²) in [6.07, 6.45) is 6.75. The van der Waals surface area contributed by atoms with E-state index in [0.29, 0.717) is 23.2 Å². The van der Waals surface area contributed by atoms with Crippen molar-refractivity contribution in [2.75, 3.05) is 17.3 Å². The van der Waals surface area contributed by atoms with Crippen molar-refractivity contribution in [1.82, 2.24) is 15.0 Å². The van der Waals surface area contributed by atoms with E-state index in [-0.39, 0.29) is 17.1 Å². The molecule has 2 aromatic rings. The molecule has 1 atom stereocenters. The van der Waals surface area contributed by atoms with Gasteiger partial charge in [-0.1, -0.05) is 31.7 Å². The molecule has 2 aliphatic rings. The summed E-state index contributed by atoms with van der Waals surface area (Å²) in [4.78, 5) is 26.3. The summed E-state index contributed by atoms with van der Waals surface area (Å²) in [6.45, 7) is 4.24. The number of allylic oxidation sites excluding steroid dienone is 2. The fourth-order valence-corrected chi connectivity index (χ4v) is 4.26. The molecule has 7 heteroatoms. The van der Waals surface area contributed by atoms with E-state index in [2.05, 4.69) is 34.1 Å². The largest absolute Gasteiger partial charge is 0.383 e. The molecule has 3 heterocycles. The minimum atomic E-state index is -0.283. The molecule has 26 heavy (non-hydrogen) atoms. The Morgan fingerprint density at radius 1 is 1.31 bits per heavy atom. The van der Waals surface area contributed by atoms with Crippen LogP contribution in [0, 0.1) is 5.41 Å². The van der Waals surface area contributed by atoms with E-state index in [1.165, 1.54) is 11.8 Å². The van der Waals surface area contributed by atoms with Gasteiger partial charge in [0.15, 0.2) is 10.9 Å². The first-order valence-corrected chi connectivity index (χ1v) is 9.76. The number of ketones is 1. The average Bonchev–Trinajstić information content (AvgIpc) is 2.59. The van der Waals surface area contributed by atoms with Crippen molar-refractivity contribution in [3.05, 3.63) is 46.9 Å². The second kappa shape index (κ2) is 6.09. The zero-order valence-electron chi connectivity index (χ0n) is 15.0. The first-order valence-electron chi connectivity index (χ1n) is 8.54. The Morgan fingerprint density at radius 3 is 2.81 bits per heavy atom. The molecule has 0 bridgehead atoms. The fourth-order valence-electron chi connectivity index (χ4n) is 3.89. The third-order valence-corrected chi connectivity index (χ3v) is 5.47. The number of Topliss-reactive ketones (excluding diaryl/α,β-unsaturated/α-hetero) is 1. The summed E-state index contributed by atoms with van der Waals surface area (Å²) in [5.41, 5.74) is 9.64. The fraction of sp³-hybridized carbons (Fsp3) is 0.368. The van der Waals surface area contributed by atoms with Crippen molar-refractivity contribution in [3.63, 3.8) is 0 Å². The number of nitrogens with one attached hydrogen (secondary N) is 1. The lowest BCUT2D eigenvalue weighted by molar-refractivity contribution is -0.118. The molecule has 1 aliphatic heterocycles. The van der Waals surface area contributed by atoms with Gasteiger partial charge in [-0.25, -0.2) is 9.97 Å². The molecule has 0 amide bonds. The van der Waals surface area contributed by atoms with Crippen LogP contribution in [-0.4, -0.2) is 27.0 Å². The lowest BCUT2D eigenvalue weighted by Crippen LogP contribution is -2.34. The number of nitrogens with zero attached hydrogens (tertiary/aromatic N) is 3. The van der Waals surface area contributed by atoms with Gasteiger partial charge in [0.1, 0.15) is 11.6 Å². The third kappa shape index (κ3) is 2.76. The van der Waals surface area contributed by atoms with Crippen LogP contribution in [0.3, 0.4) is 0 Å². The van der Waals surface area contributed by atoms with Crippen molar-refractivity contribution in [1.29, 1.82) is 0 Å². The summed E-state index contributed by atoms with van der Waals surface area (Å²) < 4.78 is 0. The highest BCUT2D eigenvalue weighted by atomic mass is 32.2. The van der Waals surface area contributed by atoms with Gasteiger partial charge in [0.25, 0.3) is 0 Å². The molecule has 3 N–H and O–H groups in total. The van der Waals surface area contributed by atoms with E-state index in [1.807, 2.05) is 18.4 Å². The number of pyridine rings is 1. The van der Waals surface area contributed by atoms with Gasteiger partial charge < -0.3 is 11.1 Å². The summed E-state index contributed by atoms with van der Waals surface area (Å²) in [5.74, 6) is 0.968. The van der Waals surface area contributed by atoms with Gasteiger partial charge in [0.2, 0.25) is 0 Å². The van der Waals surface area contributed by atoms with E-state index in [4.69, 9.17) is 5.73 Å². The van der Waals surface area contributed by atoms with E-state index in [9.17, 15) is 4.79 Å². The van der Waals surface area contributed by atoms with Gasteiger partial charge in [-0.2, -0.15) is 0 Å². The van der Waals surface area contributed by atoms with Crippen molar-refractivity contribution >= 4 is 29.2 Å². The highest BCUT2D eigenvalue weighted by Gasteiger charge is 2.42. The summed E-state index contributed by atoms with van der Waals surface area (Å²) in [5, 5.41) is 4.01. The van der Waals surface area contributed by atoms with Crippen LogP contribution in [0.25, 0.3) is 0 Å². The van der Waals surface area contributed by atoms with Crippen LogP contribution >= 0.6 is 11.8 Å². The van der Waals surface area contributed by atoms with Crippen LogP contribution in [0.1, 0.15) is 43.7 Å². The Morgan fingerprint density at radius 2 is 2.12 bits per heavy atom. The Hall–Kier alpha value is -2.41. The van der Waals surface area contributed by atoms with Gasteiger partial charge in [-0.15, -0.1) is 0 Å². The number of nitrogens with two attached hydrogens (primary N) is 1. The predicted octanol–water partition coefficient (Wildman–Crippen LogP) is 3.38. The standard InChI is InChI=1S/C19H21N5OS/c1-19(2)7-11-14(12(25)8-19)13(10-5-4-6-21-9-10)15-16(20)23-18(26-3)24-17(15)22-11/h4-6,9,13H,7-8H2,1-3H3,(H3,20,22,23,24). The first kappa shape index (κ1) is 17.0. The quantitative estimate of drug-likeness (QED) is 0.621. The monoisotopic (exact) mass is 367 g/mol. The molecule has 1 unspecified atom stereocenters. The second-order valence-corrected chi connectivity index (χ2v) is 8.31. The molecule has 0 saturated carbocycles. The van der Waals surface area contributed by atoms with Crippen LogP contribution in [-0.2, 0) is 4.79 Å². The van der Waals surface area contributed by atoms with E-state index >= 15 is 0 Å².